The van der Waals surface area contributed by atoms with Crippen molar-refractivity contribution in [1.82, 2.24) is 4.90 Å². The highest BCUT2D eigenvalue weighted by atomic mass is 16.5. The van der Waals surface area contributed by atoms with E-state index < -0.39 is 0 Å². The maximum atomic E-state index is 6.28. The van der Waals surface area contributed by atoms with Crippen LogP contribution in [0.25, 0.3) is 0 Å². The van der Waals surface area contributed by atoms with Crippen LogP contribution in [-0.4, -0.2) is 42.8 Å². The van der Waals surface area contributed by atoms with Crippen molar-refractivity contribution in [3.05, 3.63) is 0 Å². The van der Waals surface area contributed by atoms with Crippen molar-refractivity contribution in [1.29, 1.82) is 0 Å². The third-order valence-electron chi connectivity index (χ3n) is 4.54. The molecule has 2 saturated heterocycles. The SMILES string of the molecule is NC(C1CCC1)C1CN2CCCC2CO1. The summed E-state index contributed by atoms with van der Waals surface area (Å²) >= 11 is 0. The number of ether oxygens (including phenoxy) is 1. The quantitative estimate of drug-likeness (QED) is 0.738. The molecule has 3 aliphatic rings. The van der Waals surface area contributed by atoms with Crippen LogP contribution in [0.5, 0.6) is 0 Å². The van der Waals surface area contributed by atoms with Gasteiger partial charge in [0, 0.05) is 18.6 Å². The van der Waals surface area contributed by atoms with Crippen LogP contribution in [0, 0.1) is 5.92 Å². The molecule has 3 rings (SSSR count). The summed E-state index contributed by atoms with van der Waals surface area (Å²) in [7, 11) is 0. The fourth-order valence-electron chi connectivity index (χ4n) is 3.20. The number of nitrogens with two attached hydrogens (primary N) is 1. The first-order valence-corrected chi connectivity index (χ1v) is 6.46. The number of fused-ring (bicyclic) bond motifs is 1. The van der Waals surface area contributed by atoms with E-state index in [0.717, 1.165) is 19.1 Å². The van der Waals surface area contributed by atoms with Crippen LogP contribution in [0.2, 0.25) is 0 Å². The molecule has 3 heteroatoms. The average Bonchev–Trinajstić information content (AvgIpc) is 2.61. The number of nitrogens with zero attached hydrogens (tertiary/aromatic N) is 1. The molecule has 1 aliphatic carbocycles. The minimum Gasteiger partial charge on any atom is -0.374 e. The largest absolute Gasteiger partial charge is 0.374 e. The highest BCUT2D eigenvalue weighted by Crippen LogP contribution is 2.33. The van der Waals surface area contributed by atoms with Gasteiger partial charge >= 0.3 is 0 Å². The molecule has 3 fully saturated rings. The number of rotatable bonds is 2. The van der Waals surface area contributed by atoms with Crippen LogP contribution < -0.4 is 5.73 Å². The Morgan fingerprint density at radius 2 is 2.07 bits per heavy atom. The van der Waals surface area contributed by atoms with Gasteiger partial charge in [0.1, 0.15) is 0 Å². The Labute approximate surface area is 91.9 Å². The van der Waals surface area contributed by atoms with Gasteiger partial charge in [0.25, 0.3) is 0 Å². The van der Waals surface area contributed by atoms with Crippen molar-refractivity contribution < 1.29 is 4.74 Å². The summed E-state index contributed by atoms with van der Waals surface area (Å²) in [5, 5.41) is 0. The van der Waals surface area contributed by atoms with Gasteiger partial charge < -0.3 is 10.5 Å². The molecule has 3 nitrogen and oxygen atoms in total. The second kappa shape index (κ2) is 4.04. The van der Waals surface area contributed by atoms with E-state index in [-0.39, 0.29) is 0 Å². The van der Waals surface area contributed by atoms with E-state index in [0.29, 0.717) is 18.2 Å². The Morgan fingerprint density at radius 1 is 1.20 bits per heavy atom. The van der Waals surface area contributed by atoms with Gasteiger partial charge in [-0.15, -0.1) is 0 Å². The zero-order valence-corrected chi connectivity index (χ0v) is 9.40. The standard InChI is InChI=1S/C12H22N2O/c13-12(9-3-1-4-9)11-7-14-6-2-5-10(14)8-15-11/h9-12H,1-8,13H2. The van der Waals surface area contributed by atoms with E-state index in [4.69, 9.17) is 10.5 Å². The van der Waals surface area contributed by atoms with Crippen LogP contribution >= 0.6 is 0 Å². The summed E-state index contributed by atoms with van der Waals surface area (Å²) in [6, 6.07) is 0.996. The van der Waals surface area contributed by atoms with Crippen molar-refractivity contribution in [2.45, 2.75) is 50.3 Å². The van der Waals surface area contributed by atoms with Crippen LogP contribution in [0.4, 0.5) is 0 Å². The molecule has 2 aliphatic heterocycles. The predicted molar refractivity (Wildman–Crippen MR) is 59.7 cm³/mol. The lowest BCUT2D eigenvalue weighted by Gasteiger charge is -2.42. The number of hydrogen-bond acceptors (Lipinski definition) is 3. The third-order valence-corrected chi connectivity index (χ3v) is 4.54. The first-order valence-electron chi connectivity index (χ1n) is 6.46. The first kappa shape index (κ1) is 10.1. The summed E-state index contributed by atoms with van der Waals surface area (Å²) in [5.41, 5.74) is 6.28. The van der Waals surface area contributed by atoms with E-state index in [1.54, 1.807) is 0 Å². The lowest BCUT2D eigenvalue weighted by molar-refractivity contribution is -0.0721. The fourth-order valence-corrected chi connectivity index (χ4v) is 3.20. The highest BCUT2D eigenvalue weighted by molar-refractivity contribution is 4.93. The van der Waals surface area contributed by atoms with Gasteiger partial charge in [0.05, 0.1) is 12.7 Å². The molecule has 0 aromatic rings. The van der Waals surface area contributed by atoms with Gasteiger partial charge in [-0.05, 0) is 38.1 Å². The molecule has 0 spiro atoms. The molecule has 3 atom stereocenters. The molecule has 0 bridgehead atoms. The second-order valence-corrected chi connectivity index (χ2v) is 5.43. The molecule has 2 N–H and O–H groups in total. The number of hydrogen-bond donors (Lipinski definition) is 1. The lowest BCUT2D eigenvalue weighted by atomic mass is 9.78. The lowest BCUT2D eigenvalue weighted by Crippen LogP contribution is -2.55. The van der Waals surface area contributed by atoms with Crippen LogP contribution in [0.1, 0.15) is 32.1 Å². The Hall–Kier alpha value is -0.120. The minimum atomic E-state index is 0.292. The normalized spacial score (nSPS) is 39.8. The Balaban J connectivity index is 1.58. The van der Waals surface area contributed by atoms with E-state index in [1.807, 2.05) is 0 Å². The van der Waals surface area contributed by atoms with Gasteiger partial charge in [-0.1, -0.05) is 6.42 Å². The molecule has 0 aromatic heterocycles. The van der Waals surface area contributed by atoms with E-state index in [2.05, 4.69) is 4.90 Å². The molecule has 86 valence electrons. The number of morpholine rings is 1. The minimum absolute atomic E-state index is 0.292. The molecule has 3 unspecified atom stereocenters. The maximum Gasteiger partial charge on any atom is 0.0856 e. The third kappa shape index (κ3) is 1.81. The smallest absolute Gasteiger partial charge is 0.0856 e. The fraction of sp³-hybridized carbons (Fsp3) is 1.00. The van der Waals surface area contributed by atoms with Crippen LogP contribution in [0.3, 0.4) is 0 Å². The molecule has 15 heavy (non-hydrogen) atoms. The molecular formula is C12H22N2O. The topological polar surface area (TPSA) is 38.5 Å². The zero-order valence-electron chi connectivity index (χ0n) is 9.40. The highest BCUT2D eigenvalue weighted by Gasteiger charge is 2.38. The molecule has 0 radical (unpaired) electrons. The van der Waals surface area contributed by atoms with Crippen molar-refractivity contribution in [2.24, 2.45) is 11.7 Å². The van der Waals surface area contributed by atoms with Gasteiger partial charge in [-0.25, -0.2) is 0 Å². The van der Waals surface area contributed by atoms with Crippen LogP contribution in [-0.2, 0) is 4.74 Å². The average molecular weight is 210 g/mol. The molecule has 0 amide bonds. The van der Waals surface area contributed by atoms with E-state index in [9.17, 15) is 0 Å². The van der Waals surface area contributed by atoms with Crippen LogP contribution in [0.15, 0.2) is 0 Å². The van der Waals surface area contributed by atoms with Crippen molar-refractivity contribution in [2.75, 3.05) is 19.7 Å². The molecule has 2 heterocycles. The predicted octanol–water partition coefficient (Wildman–Crippen LogP) is 0.977. The van der Waals surface area contributed by atoms with E-state index >= 15 is 0 Å². The van der Waals surface area contributed by atoms with Crippen molar-refractivity contribution in [3.8, 4) is 0 Å². The molecule has 0 aromatic carbocycles. The molecular weight excluding hydrogens is 188 g/mol. The van der Waals surface area contributed by atoms with Gasteiger partial charge in [-0.3, -0.25) is 4.90 Å². The summed E-state index contributed by atoms with van der Waals surface area (Å²) in [4.78, 5) is 2.59. The maximum absolute atomic E-state index is 6.28. The molecule has 1 saturated carbocycles. The van der Waals surface area contributed by atoms with Gasteiger partial charge in [0.15, 0.2) is 0 Å². The van der Waals surface area contributed by atoms with E-state index in [1.165, 1.54) is 38.6 Å². The second-order valence-electron chi connectivity index (χ2n) is 5.43. The Kier molecular flexibility index (Phi) is 2.71. The summed E-state index contributed by atoms with van der Waals surface area (Å²) in [5.74, 6) is 0.745. The monoisotopic (exact) mass is 210 g/mol. The summed E-state index contributed by atoms with van der Waals surface area (Å²) < 4.78 is 5.94. The first-order chi connectivity index (χ1) is 7.34. The summed E-state index contributed by atoms with van der Waals surface area (Å²) in [6.07, 6.45) is 7.00. The van der Waals surface area contributed by atoms with Gasteiger partial charge in [0.2, 0.25) is 0 Å². The van der Waals surface area contributed by atoms with Crippen molar-refractivity contribution in [3.63, 3.8) is 0 Å². The zero-order chi connectivity index (χ0) is 10.3. The Bertz CT molecular complexity index is 230. The van der Waals surface area contributed by atoms with Crippen molar-refractivity contribution >= 4 is 0 Å². The summed E-state index contributed by atoms with van der Waals surface area (Å²) in [6.45, 7) is 3.27. The Morgan fingerprint density at radius 3 is 2.80 bits per heavy atom. The van der Waals surface area contributed by atoms with Gasteiger partial charge in [-0.2, -0.15) is 0 Å².